The first kappa shape index (κ1) is 20.1. The largest absolute Gasteiger partial charge is 0.463 e. The highest BCUT2D eigenvalue weighted by Crippen LogP contribution is 2.34. The first-order chi connectivity index (χ1) is 12.7. The topological polar surface area (TPSA) is 145 Å². The first-order valence-corrected chi connectivity index (χ1v) is 8.41. The summed E-state index contributed by atoms with van der Waals surface area (Å²) in [6.07, 6.45) is 0.0103. The van der Waals surface area contributed by atoms with Gasteiger partial charge >= 0.3 is 5.97 Å². The molecule has 1 amide bonds. The van der Waals surface area contributed by atoms with Gasteiger partial charge in [-0.15, -0.1) is 0 Å². The van der Waals surface area contributed by atoms with E-state index in [1.165, 1.54) is 11.0 Å². The van der Waals surface area contributed by atoms with Crippen LogP contribution in [0.1, 0.15) is 26.7 Å². The zero-order valence-corrected chi connectivity index (χ0v) is 14.9. The molecule has 11 nitrogen and oxygen atoms in total. The fraction of sp³-hybridized carbons (Fsp3) is 0.500. The van der Waals surface area contributed by atoms with Gasteiger partial charge in [-0.1, -0.05) is 6.92 Å². The molecule has 0 aliphatic carbocycles. The molecule has 1 heterocycles. The number of anilines is 1. The molecule has 0 radical (unpaired) electrons. The van der Waals surface area contributed by atoms with Crippen LogP contribution in [0.2, 0.25) is 0 Å². The molecule has 11 heteroatoms. The van der Waals surface area contributed by atoms with Gasteiger partial charge in [0.25, 0.3) is 11.4 Å². The minimum Gasteiger partial charge on any atom is -0.463 e. The standard InChI is InChI=1S/C16H20N4O7/c1-3-10(2)27-15(21)9-14-16(22)17-6-7-18(14)12-5-4-11(19(23)24)8-13(12)20(25)26/h4-5,8,10,14H,3,6-7,9H2,1-2H3,(H,17,22). The van der Waals surface area contributed by atoms with Crippen LogP contribution >= 0.6 is 0 Å². The molecule has 1 aliphatic rings. The summed E-state index contributed by atoms with van der Waals surface area (Å²) in [6.45, 7) is 4.01. The lowest BCUT2D eigenvalue weighted by molar-refractivity contribution is -0.393. The number of amides is 1. The monoisotopic (exact) mass is 380 g/mol. The van der Waals surface area contributed by atoms with Crippen LogP contribution in [0.25, 0.3) is 0 Å². The highest BCUT2D eigenvalue weighted by molar-refractivity contribution is 5.91. The van der Waals surface area contributed by atoms with Crippen LogP contribution < -0.4 is 10.2 Å². The lowest BCUT2D eigenvalue weighted by Crippen LogP contribution is -2.56. The van der Waals surface area contributed by atoms with Crippen molar-refractivity contribution in [3.8, 4) is 0 Å². The van der Waals surface area contributed by atoms with Gasteiger partial charge in [0.15, 0.2) is 0 Å². The normalized spacial score (nSPS) is 17.8. The molecule has 1 fully saturated rings. The summed E-state index contributed by atoms with van der Waals surface area (Å²) < 4.78 is 5.19. The molecule has 0 saturated carbocycles. The number of nitro groups is 2. The zero-order valence-electron chi connectivity index (χ0n) is 14.9. The molecule has 1 N–H and O–H groups in total. The molecule has 1 saturated heterocycles. The van der Waals surface area contributed by atoms with Crippen molar-refractivity contribution in [3.05, 3.63) is 38.4 Å². The molecule has 1 aromatic rings. The number of non-ortho nitro benzene ring substituents is 1. The number of benzene rings is 1. The third kappa shape index (κ3) is 4.68. The minimum atomic E-state index is -1.00. The van der Waals surface area contributed by atoms with E-state index in [1.807, 2.05) is 6.92 Å². The van der Waals surface area contributed by atoms with E-state index in [9.17, 15) is 29.8 Å². The number of ether oxygens (including phenoxy) is 1. The quantitative estimate of drug-likeness (QED) is 0.426. The summed E-state index contributed by atoms with van der Waals surface area (Å²) >= 11 is 0. The fourth-order valence-corrected chi connectivity index (χ4v) is 2.73. The van der Waals surface area contributed by atoms with E-state index in [0.29, 0.717) is 6.42 Å². The Hall–Kier alpha value is -3.24. The van der Waals surface area contributed by atoms with Gasteiger partial charge in [0.2, 0.25) is 5.91 Å². The van der Waals surface area contributed by atoms with E-state index in [0.717, 1.165) is 12.1 Å². The Labute approximate surface area is 154 Å². The third-order valence-corrected chi connectivity index (χ3v) is 4.27. The van der Waals surface area contributed by atoms with Crippen LogP contribution in [0.15, 0.2) is 18.2 Å². The number of rotatable bonds is 7. The van der Waals surface area contributed by atoms with Crippen LogP contribution in [0, 0.1) is 20.2 Å². The summed E-state index contributed by atoms with van der Waals surface area (Å²) in [6, 6.07) is 2.19. The number of nitrogens with zero attached hydrogens (tertiary/aromatic N) is 3. The molecule has 146 valence electrons. The van der Waals surface area contributed by atoms with Crippen LogP contribution in [0.3, 0.4) is 0 Å². The summed E-state index contributed by atoms with van der Waals surface area (Å²) in [4.78, 5) is 46.6. The zero-order chi connectivity index (χ0) is 20.1. The molecule has 0 spiro atoms. The van der Waals surface area contributed by atoms with E-state index in [2.05, 4.69) is 5.32 Å². The molecule has 27 heavy (non-hydrogen) atoms. The van der Waals surface area contributed by atoms with Crippen molar-refractivity contribution >= 4 is 28.9 Å². The maximum absolute atomic E-state index is 12.3. The van der Waals surface area contributed by atoms with E-state index < -0.39 is 39.1 Å². The Morgan fingerprint density at radius 3 is 2.67 bits per heavy atom. The van der Waals surface area contributed by atoms with Crippen molar-refractivity contribution in [1.29, 1.82) is 0 Å². The predicted octanol–water partition coefficient (Wildman–Crippen LogP) is 1.54. The van der Waals surface area contributed by atoms with Gasteiger partial charge in [-0.3, -0.25) is 29.8 Å². The van der Waals surface area contributed by atoms with Gasteiger partial charge in [0.1, 0.15) is 11.7 Å². The summed E-state index contributed by atoms with van der Waals surface area (Å²) in [5.41, 5.74) is -0.888. The van der Waals surface area contributed by atoms with Crippen LogP contribution in [0.4, 0.5) is 17.1 Å². The number of nitrogens with one attached hydrogen (secondary N) is 1. The average molecular weight is 380 g/mol. The van der Waals surface area contributed by atoms with Crippen molar-refractivity contribution in [3.63, 3.8) is 0 Å². The lowest BCUT2D eigenvalue weighted by atomic mass is 10.1. The van der Waals surface area contributed by atoms with Crippen molar-refractivity contribution in [2.75, 3.05) is 18.0 Å². The lowest BCUT2D eigenvalue weighted by Gasteiger charge is -2.36. The van der Waals surface area contributed by atoms with E-state index in [1.54, 1.807) is 6.92 Å². The number of piperazine rings is 1. The molecular weight excluding hydrogens is 360 g/mol. The van der Waals surface area contributed by atoms with Gasteiger partial charge in [0.05, 0.1) is 28.4 Å². The van der Waals surface area contributed by atoms with Crippen LogP contribution in [0.5, 0.6) is 0 Å². The summed E-state index contributed by atoms with van der Waals surface area (Å²) in [5.74, 6) is -1.06. The molecule has 2 unspecified atom stereocenters. The number of carbonyl (C=O) groups excluding carboxylic acids is 2. The third-order valence-electron chi connectivity index (χ3n) is 4.27. The molecule has 1 aromatic carbocycles. The Kier molecular flexibility index (Phi) is 6.27. The summed E-state index contributed by atoms with van der Waals surface area (Å²) in [5, 5.41) is 24.9. The van der Waals surface area contributed by atoms with Crippen molar-refractivity contribution < 1.29 is 24.2 Å². The number of carbonyl (C=O) groups is 2. The smallest absolute Gasteiger partial charge is 0.308 e. The van der Waals surface area contributed by atoms with Gasteiger partial charge < -0.3 is 15.0 Å². The fourth-order valence-electron chi connectivity index (χ4n) is 2.73. The number of esters is 1. The van der Waals surface area contributed by atoms with Gasteiger partial charge in [0, 0.05) is 19.2 Å². The molecule has 0 aromatic heterocycles. The van der Waals surface area contributed by atoms with E-state index in [-0.39, 0.29) is 31.3 Å². The second-order valence-electron chi connectivity index (χ2n) is 6.10. The van der Waals surface area contributed by atoms with E-state index >= 15 is 0 Å². The Bertz CT molecular complexity index is 767. The Balaban J connectivity index is 2.35. The minimum absolute atomic E-state index is 0.0433. The van der Waals surface area contributed by atoms with Gasteiger partial charge in [-0.2, -0.15) is 0 Å². The first-order valence-electron chi connectivity index (χ1n) is 8.41. The molecule has 2 atom stereocenters. The highest BCUT2D eigenvalue weighted by atomic mass is 16.6. The SMILES string of the molecule is CCC(C)OC(=O)CC1C(=O)NCCN1c1ccc([N+](=O)[O-])cc1[N+](=O)[O-]. The number of nitro benzene ring substituents is 2. The molecule has 1 aliphatic heterocycles. The summed E-state index contributed by atoms with van der Waals surface area (Å²) in [7, 11) is 0. The highest BCUT2D eigenvalue weighted by Gasteiger charge is 2.36. The van der Waals surface area contributed by atoms with Crippen LogP contribution in [-0.2, 0) is 14.3 Å². The second kappa shape index (κ2) is 8.43. The van der Waals surface area contributed by atoms with Crippen molar-refractivity contribution in [1.82, 2.24) is 5.32 Å². The van der Waals surface area contributed by atoms with Crippen molar-refractivity contribution in [2.24, 2.45) is 0 Å². The Morgan fingerprint density at radius 1 is 1.37 bits per heavy atom. The predicted molar refractivity (Wildman–Crippen MR) is 94.4 cm³/mol. The van der Waals surface area contributed by atoms with Crippen LogP contribution in [-0.4, -0.2) is 47.0 Å². The van der Waals surface area contributed by atoms with Crippen molar-refractivity contribution in [2.45, 2.75) is 38.8 Å². The maximum atomic E-state index is 12.3. The van der Waals surface area contributed by atoms with E-state index in [4.69, 9.17) is 4.74 Å². The average Bonchev–Trinajstić information content (AvgIpc) is 2.62. The maximum Gasteiger partial charge on any atom is 0.308 e. The van der Waals surface area contributed by atoms with Gasteiger partial charge in [-0.05, 0) is 19.4 Å². The molecule has 0 bridgehead atoms. The van der Waals surface area contributed by atoms with Gasteiger partial charge in [-0.25, -0.2) is 0 Å². The Morgan fingerprint density at radius 2 is 2.07 bits per heavy atom. The second-order valence-corrected chi connectivity index (χ2v) is 6.10. The number of hydrogen-bond acceptors (Lipinski definition) is 8. The number of hydrogen-bond donors (Lipinski definition) is 1. The molecular formula is C16H20N4O7. The molecule has 2 rings (SSSR count).